The zero-order valence-corrected chi connectivity index (χ0v) is 13.3. The Balaban J connectivity index is 1.61. The predicted molar refractivity (Wildman–Crippen MR) is 88.5 cm³/mol. The average molecular weight is 287 g/mol. The first-order valence-electron chi connectivity index (χ1n) is 8.71. The maximum Gasteiger partial charge on any atom is 0.128 e. The highest BCUT2D eigenvalue weighted by Crippen LogP contribution is 2.37. The molecule has 3 unspecified atom stereocenters. The molecule has 2 fully saturated rings. The molecular weight excluding hydrogens is 258 g/mol. The van der Waals surface area contributed by atoms with Gasteiger partial charge in [-0.25, -0.2) is 4.98 Å². The molecule has 2 aliphatic rings. The minimum Gasteiger partial charge on any atom is -0.356 e. The number of nitrogens with zero attached hydrogens (tertiary/aromatic N) is 2. The number of rotatable bonds is 4. The molecule has 1 aliphatic carbocycles. The van der Waals surface area contributed by atoms with Gasteiger partial charge in [-0.3, -0.25) is 0 Å². The van der Waals surface area contributed by atoms with Crippen molar-refractivity contribution in [3.63, 3.8) is 0 Å². The normalized spacial score (nSPS) is 27.2. The van der Waals surface area contributed by atoms with Crippen molar-refractivity contribution in [2.24, 2.45) is 17.6 Å². The van der Waals surface area contributed by atoms with Gasteiger partial charge in [0.25, 0.3) is 0 Å². The minimum atomic E-state index is 0.260. The van der Waals surface area contributed by atoms with E-state index in [1.807, 2.05) is 6.20 Å². The highest BCUT2D eigenvalue weighted by atomic mass is 15.2. The molecule has 3 rings (SSSR count). The molecular formula is C18H29N3. The molecule has 0 aromatic carbocycles. The van der Waals surface area contributed by atoms with E-state index in [1.54, 1.807) is 0 Å². The van der Waals surface area contributed by atoms with E-state index in [0.717, 1.165) is 30.5 Å². The van der Waals surface area contributed by atoms with Crippen LogP contribution in [0, 0.1) is 11.8 Å². The standard InChI is InChI=1S/C18H29N3/c1-2-17(19)11-14-7-8-18(20-12-14)21-10-9-15-5-3-4-6-16(15)13-21/h7-8,12,15-17H,2-6,9-11,13,19H2,1H3. The lowest BCUT2D eigenvalue weighted by Crippen LogP contribution is -2.42. The van der Waals surface area contributed by atoms with E-state index in [9.17, 15) is 0 Å². The van der Waals surface area contributed by atoms with Gasteiger partial charge >= 0.3 is 0 Å². The van der Waals surface area contributed by atoms with Crippen LogP contribution in [0.2, 0.25) is 0 Å². The van der Waals surface area contributed by atoms with Gasteiger partial charge < -0.3 is 10.6 Å². The second kappa shape index (κ2) is 6.78. The Labute approximate surface area is 128 Å². The number of piperidine rings is 1. The molecule has 3 heteroatoms. The maximum absolute atomic E-state index is 6.02. The van der Waals surface area contributed by atoms with E-state index in [2.05, 4.69) is 24.0 Å². The van der Waals surface area contributed by atoms with Gasteiger partial charge in [-0.2, -0.15) is 0 Å². The zero-order chi connectivity index (χ0) is 14.7. The Morgan fingerprint density at radius 1 is 1.24 bits per heavy atom. The molecule has 21 heavy (non-hydrogen) atoms. The van der Waals surface area contributed by atoms with Crippen LogP contribution in [0.1, 0.15) is 51.0 Å². The first kappa shape index (κ1) is 14.8. The average Bonchev–Trinajstić information content (AvgIpc) is 2.55. The van der Waals surface area contributed by atoms with E-state index in [-0.39, 0.29) is 6.04 Å². The lowest BCUT2D eigenvalue weighted by atomic mass is 9.75. The second-order valence-electron chi connectivity index (χ2n) is 6.94. The maximum atomic E-state index is 6.02. The number of pyridine rings is 1. The van der Waals surface area contributed by atoms with Gasteiger partial charge in [-0.1, -0.05) is 32.3 Å². The number of nitrogens with two attached hydrogens (primary N) is 1. The predicted octanol–water partition coefficient (Wildman–Crippen LogP) is 3.38. The van der Waals surface area contributed by atoms with Crippen LogP contribution >= 0.6 is 0 Å². The van der Waals surface area contributed by atoms with E-state index in [1.165, 1.54) is 50.8 Å². The molecule has 0 bridgehead atoms. The van der Waals surface area contributed by atoms with Crippen molar-refractivity contribution >= 4 is 5.82 Å². The fourth-order valence-electron chi connectivity index (χ4n) is 3.98. The first-order chi connectivity index (χ1) is 10.3. The van der Waals surface area contributed by atoms with Gasteiger partial charge in [-0.15, -0.1) is 0 Å². The van der Waals surface area contributed by atoms with Gasteiger partial charge in [0.05, 0.1) is 0 Å². The molecule has 1 aromatic heterocycles. The van der Waals surface area contributed by atoms with Crippen molar-refractivity contribution < 1.29 is 0 Å². The quantitative estimate of drug-likeness (QED) is 0.923. The summed E-state index contributed by atoms with van der Waals surface area (Å²) in [4.78, 5) is 7.19. The summed E-state index contributed by atoms with van der Waals surface area (Å²) in [5.41, 5.74) is 7.29. The smallest absolute Gasteiger partial charge is 0.128 e. The molecule has 3 nitrogen and oxygen atoms in total. The second-order valence-corrected chi connectivity index (χ2v) is 6.94. The molecule has 0 spiro atoms. The van der Waals surface area contributed by atoms with Crippen LogP contribution in [0.4, 0.5) is 5.82 Å². The molecule has 2 N–H and O–H groups in total. The highest BCUT2D eigenvalue weighted by molar-refractivity contribution is 5.40. The summed E-state index contributed by atoms with van der Waals surface area (Å²) in [5, 5.41) is 0. The Morgan fingerprint density at radius 3 is 2.76 bits per heavy atom. The molecule has 1 aromatic rings. The summed E-state index contributed by atoms with van der Waals surface area (Å²) in [6.45, 7) is 4.54. The highest BCUT2D eigenvalue weighted by Gasteiger charge is 2.31. The molecule has 0 radical (unpaired) electrons. The molecule has 1 saturated carbocycles. The van der Waals surface area contributed by atoms with Crippen molar-refractivity contribution in [3.05, 3.63) is 23.9 Å². The minimum absolute atomic E-state index is 0.260. The lowest BCUT2D eigenvalue weighted by Gasteiger charge is -2.41. The van der Waals surface area contributed by atoms with Gasteiger partial charge in [-0.05, 0) is 49.1 Å². The Kier molecular flexibility index (Phi) is 4.79. The van der Waals surface area contributed by atoms with Crippen molar-refractivity contribution in [1.29, 1.82) is 0 Å². The zero-order valence-electron chi connectivity index (χ0n) is 13.3. The molecule has 2 heterocycles. The summed E-state index contributed by atoms with van der Waals surface area (Å²) < 4.78 is 0. The van der Waals surface area contributed by atoms with E-state index in [0.29, 0.717) is 0 Å². The summed E-state index contributed by atoms with van der Waals surface area (Å²) in [7, 11) is 0. The molecule has 0 amide bonds. The van der Waals surface area contributed by atoms with Crippen LogP contribution < -0.4 is 10.6 Å². The fourth-order valence-corrected chi connectivity index (χ4v) is 3.98. The number of fused-ring (bicyclic) bond motifs is 1. The number of hydrogen-bond acceptors (Lipinski definition) is 3. The topological polar surface area (TPSA) is 42.1 Å². The molecule has 116 valence electrons. The Bertz CT molecular complexity index is 442. The third kappa shape index (κ3) is 3.57. The summed E-state index contributed by atoms with van der Waals surface area (Å²) in [6, 6.07) is 4.67. The monoisotopic (exact) mass is 287 g/mol. The largest absolute Gasteiger partial charge is 0.356 e. The third-order valence-corrected chi connectivity index (χ3v) is 5.45. The third-order valence-electron chi connectivity index (χ3n) is 5.45. The van der Waals surface area contributed by atoms with Crippen LogP contribution in [0.25, 0.3) is 0 Å². The summed E-state index contributed by atoms with van der Waals surface area (Å²) in [6.07, 6.45) is 11.1. The Morgan fingerprint density at radius 2 is 2.05 bits per heavy atom. The van der Waals surface area contributed by atoms with Crippen LogP contribution in [0.3, 0.4) is 0 Å². The van der Waals surface area contributed by atoms with E-state index in [4.69, 9.17) is 10.7 Å². The van der Waals surface area contributed by atoms with Gasteiger partial charge in [0.2, 0.25) is 0 Å². The Hall–Kier alpha value is -1.09. The van der Waals surface area contributed by atoms with Gasteiger partial charge in [0.15, 0.2) is 0 Å². The molecule has 1 aliphatic heterocycles. The van der Waals surface area contributed by atoms with Crippen molar-refractivity contribution in [2.45, 2.75) is 57.9 Å². The van der Waals surface area contributed by atoms with Crippen LogP contribution in [-0.4, -0.2) is 24.1 Å². The van der Waals surface area contributed by atoms with Crippen LogP contribution in [0.15, 0.2) is 18.3 Å². The summed E-state index contributed by atoms with van der Waals surface area (Å²) in [5.74, 6) is 3.05. The summed E-state index contributed by atoms with van der Waals surface area (Å²) >= 11 is 0. The number of anilines is 1. The van der Waals surface area contributed by atoms with Gasteiger partial charge in [0, 0.05) is 25.3 Å². The van der Waals surface area contributed by atoms with Crippen LogP contribution in [0.5, 0.6) is 0 Å². The molecule has 3 atom stereocenters. The number of hydrogen-bond donors (Lipinski definition) is 1. The lowest BCUT2D eigenvalue weighted by molar-refractivity contribution is 0.202. The van der Waals surface area contributed by atoms with Crippen molar-refractivity contribution in [2.75, 3.05) is 18.0 Å². The van der Waals surface area contributed by atoms with Crippen LogP contribution in [-0.2, 0) is 6.42 Å². The van der Waals surface area contributed by atoms with Crippen molar-refractivity contribution in [3.8, 4) is 0 Å². The SMILES string of the molecule is CCC(N)Cc1ccc(N2CCC3CCCCC3C2)nc1. The van der Waals surface area contributed by atoms with E-state index >= 15 is 0 Å². The fraction of sp³-hybridized carbons (Fsp3) is 0.722. The molecule has 1 saturated heterocycles. The van der Waals surface area contributed by atoms with Crippen molar-refractivity contribution in [1.82, 2.24) is 4.98 Å². The van der Waals surface area contributed by atoms with E-state index < -0.39 is 0 Å². The first-order valence-corrected chi connectivity index (χ1v) is 8.71. The van der Waals surface area contributed by atoms with Gasteiger partial charge in [0.1, 0.15) is 5.82 Å². The number of aromatic nitrogens is 1.